The Labute approximate surface area is 231 Å². The molecule has 0 saturated carbocycles. The lowest BCUT2D eigenvalue weighted by molar-refractivity contribution is -0.327. The van der Waals surface area contributed by atoms with E-state index in [-0.39, 0.29) is 6.61 Å². The van der Waals surface area contributed by atoms with Crippen molar-refractivity contribution in [3.8, 4) is 0 Å². The first-order valence-electron chi connectivity index (χ1n) is 13.3. The number of benzene rings is 3. The largest absolute Gasteiger partial charge is 0.375 e. The molecule has 0 aliphatic carbocycles. The quantitative estimate of drug-likeness (QED) is 0.171. The van der Waals surface area contributed by atoms with Gasteiger partial charge >= 0.3 is 0 Å². The van der Waals surface area contributed by atoms with Crippen molar-refractivity contribution in [3.63, 3.8) is 0 Å². The van der Waals surface area contributed by atoms with Crippen LogP contribution < -0.4 is 0 Å². The molecule has 0 aromatic heterocycles. The lowest BCUT2D eigenvalue weighted by Crippen LogP contribution is -2.61. The summed E-state index contributed by atoms with van der Waals surface area (Å²) in [7, 11) is 0. The van der Waals surface area contributed by atoms with E-state index >= 15 is 0 Å². The summed E-state index contributed by atoms with van der Waals surface area (Å²) < 4.78 is 38.0. The molecule has 3 aromatic rings. The first-order chi connectivity index (χ1) is 19.3. The fraction of sp³-hybridized carbons (Fsp3) is 0.333. The smallest absolute Gasteiger partial charge is 0.187 e. The maximum Gasteiger partial charge on any atom is 0.187 e. The molecule has 5 atom stereocenters. The first-order valence-corrected chi connectivity index (χ1v) is 13.3. The predicted molar refractivity (Wildman–Crippen MR) is 151 cm³/mol. The zero-order valence-electron chi connectivity index (χ0n) is 22.3. The second-order valence-electron chi connectivity index (χ2n) is 9.27. The van der Waals surface area contributed by atoms with Gasteiger partial charge in [0.05, 0.1) is 39.6 Å². The zero-order valence-corrected chi connectivity index (χ0v) is 22.3. The van der Waals surface area contributed by atoms with Gasteiger partial charge in [0.2, 0.25) is 0 Å². The molecule has 4 rings (SSSR count). The molecule has 39 heavy (non-hydrogen) atoms. The van der Waals surface area contributed by atoms with E-state index in [9.17, 15) is 0 Å². The van der Waals surface area contributed by atoms with Crippen LogP contribution in [0.3, 0.4) is 0 Å². The van der Waals surface area contributed by atoms with Crippen molar-refractivity contribution < 1.29 is 28.4 Å². The first kappa shape index (κ1) is 28.9. The SMILES string of the molecule is C=CCOC[C@H]1O[C@H](OCc2ccccc2)[C@H](OCc2ccccc2)[C@@H](OCC=C)[C@H]1OCc1ccccc1. The second kappa shape index (κ2) is 16.1. The highest BCUT2D eigenvalue weighted by atomic mass is 16.7. The molecule has 1 saturated heterocycles. The fourth-order valence-corrected chi connectivity index (χ4v) is 4.45. The molecule has 0 radical (unpaired) electrons. The molecule has 6 heteroatoms. The minimum absolute atomic E-state index is 0.288. The van der Waals surface area contributed by atoms with Crippen molar-refractivity contribution in [1.29, 1.82) is 0 Å². The third kappa shape index (κ3) is 8.97. The Hall–Kier alpha value is -3.10. The van der Waals surface area contributed by atoms with Crippen molar-refractivity contribution in [3.05, 3.63) is 133 Å². The van der Waals surface area contributed by atoms with Crippen LogP contribution in [-0.4, -0.2) is 50.5 Å². The van der Waals surface area contributed by atoms with Gasteiger partial charge in [-0.25, -0.2) is 0 Å². The topological polar surface area (TPSA) is 55.4 Å². The zero-order chi connectivity index (χ0) is 27.1. The van der Waals surface area contributed by atoms with E-state index in [0.29, 0.717) is 33.0 Å². The number of ether oxygens (including phenoxy) is 6. The molecule has 1 aliphatic rings. The van der Waals surface area contributed by atoms with Gasteiger partial charge in [0.1, 0.15) is 24.4 Å². The summed E-state index contributed by atoms with van der Waals surface area (Å²) in [6, 6.07) is 30.0. The van der Waals surface area contributed by atoms with Crippen LogP contribution >= 0.6 is 0 Å². The van der Waals surface area contributed by atoms with Gasteiger partial charge in [0.15, 0.2) is 6.29 Å². The Balaban J connectivity index is 1.60. The molecule has 3 aromatic carbocycles. The minimum Gasteiger partial charge on any atom is -0.375 e. The third-order valence-corrected chi connectivity index (χ3v) is 6.34. The van der Waals surface area contributed by atoms with Crippen molar-refractivity contribution >= 4 is 0 Å². The summed E-state index contributed by atoms with van der Waals surface area (Å²) in [6.07, 6.45) is 0.725. The van der Waals surface area contributed by atoms with Crippen LogP contribution in [0.1, 0.15) is 16.7 Å². The van der Waals surface area contributed by atoms with E-state index in [1.807, 2.05) is 91.0 Å². The third-order valence-electron chi connectivity index (χ3n) is 6.34. The van der Waals surface area contributed by atoms with Gasteiger partial charge in [-0.05, 0) is 16.7 Å². The van der Waals surface area contributed by atoms with E-state index in [0.717, 1.165) is 16.7 Å². The Bertz CT molecular complexity index is 1090. The van der Waals surface area contributed by atoms with Gasteiger partial charge in [0.25, 0.3) is 0 Å². The Morgan fingerprint density at radius 3 is 1.56 bits per heavy atom. The van der Waals surface area contributed by atoms with Crippen LogP contribution in [0.5, 0.6) is 0 Å². The molecular weight excluding hydrogens is 492 g/mol. The molecule has 0 bridgehead atoms. The highest BCUT2D eigenvalue weighted by Crippen LogP contribution is 2.31. The van der Waals surface area contributed by atoms with Gasteiger partial charge < -0.3 is 28.4 Å². The summed E-state index contributed by atoms with van der Waals surface area (Å²) in [5, 5.41) is 0. The van der Waals surface area contributed by atoms with Crippen molar-refractivity contribution in [2.24, 2.45) is 0 Å². The van der Waals surface area contributed by atoms with Gasteiger partial charge in [-0.3, -0.25) is 0 Å². The van der Waals surface area contributed by atoms with Crippen LogP contribution in [-0.2, 0) is 48.2 Å². The van der Waals surface area contributed by atoms with Gasteiger partial charge in [-0.2, -0.15) is 0 Å². The predicted octanol–water partition coefficient (Wildman–Crippen LogP) is 5.87. The minimum atomic E-state index is -0.711. The van der Waals surface area contributed by atoms with E-state index in [1.165, 1.54) is 0 Å². The molecular formula is C33H38O6. The van der Waals surface area contributed by atoms with E-state index in [4.69, 9.17) is 28.4 Å². The number of hydrogen-bond acceptors (Lipinski definition) is 6. The van der Waals surface area contributed by atoms with Crippen LogP contribution in [0.15, 0.2) is 116 Å². The van der Waals surface area contributed by atoms with E-state index in [1.54, 1.807) is 12.2 Å². The van der Waals surface area contributed by atoms with Crippen LogP contribution in [0, 0.1) is 0 Å². The summed E-state index contributed by atoms with van der Waals surface area (Å²) in [4.78, 5) is 0. The van der Waals surface area contributed by atoms with Gasteiger partial charge in [0, 0.05) is 0 Å². The van der Waals surface area contributed by atoms with Crippen LogP contribution in [0.25, 0.3) is 0 Å². The van der Waals surface area contributed by atoms with Gasteiger partial charge in [-0.15, -0.1) is 13.2 Å². The molecule has 0 unspecified atom stereocenters. The van der Waals surface area contributed by atoms with Crippen molar-refractivity contribution in [2.45, 2.75) is 50.5 Å². The number of rotatable bonds is 16. The van der Waals surface area contributed by atoms with E-state index in [2.05, 4.69) is 13.2 Å². The van der Waals surface area contributed by atoms with E-state index < -0.39 is 30.7 Å². The second-order valence-corrected chi connectivity index (χ2v) is 9.27. The van der Waals surface area contributed by atoms with Crippen LogP contribution in [0.4, 0.5) is 0 Å². The summed E-state index contributed by atoms with van der Waals surface area (Å²) in [6.45, 7) is 9.75. The monoisotopic (exact) mass is 530 g/mol. The average Bonchev–Trinajstić information content (AvgIpc) is 2.99. The molecule has 0 amide bonds. The molecule has 0 spiro atoms. The maximum atomic E-state index is 6.53. The molecule has 0 N–H and O–H groups in total. The highest BCUT2D eigenvalue weighted by Gasteiger charge is 2.49. The lowest BCUT2D eigenvalue weighted by atomic mass is 9.98. The van der Waals surface area contributed by atoms with Crippen molar-refractivity contribution in [2.75, 3.05) is 19.8 Å². The summed E-state index contributed by atoms with van der Waals surface area (Å²) in [5.74, 6) is 0. The van der Waals surface area contributed by atoms with Crippen molar-refractivity contribution in [1.82, 2.24) is 0 Å². The maximum absolute atomic E-state index is 6.53. The normalized spacial score (nSPS) is 22.8. The Kier molecular flexibility index (Phi) is 11.9. The molecule has 1 aliphatic heterocycles. The standard InChI is InChI=1S/C33H38O6/c1-3-20-34-25-29-30(36-22-26-14-8-5-9-15-26)31(35-21-4-2)32(37-23-27-16-10-6-11-17-27)33(39-29)38-24-28-18-12-7-13-19-28/h3-19,29-33H,1-2,20-25H2/t29-,30+,31+,32-,33+/m1/s1. The number of hydrogen-bond donors (Lipinski definition) is 0. The highest BCUT2D eigenvalue weighted by molar-refractivity contribution is 5.15. The molecule has 1 fully saturated rings. The Morgan fingerprint density at radius 2 is 1.05 bits per heavy atom. The molecule has 1 heterocycles. The Morgan fingerprint density at radius 1 is 0.564 bits per heavy atom. The van der Waals surface area contributed by atoms with Crippen LogP contribution in [0.2, 0.25) is 0 Å². The summed E-state index contributed by atoms with van der Waals surface area (Å²) >= 11 is 0. The lowest BCUT2D eigenvalue weighted by Gasteiger charge is -2.45. The van der Waals surface area contributed by atoms with Gasteiger partial charge in [-0.1, -0.05) is 103 Å². The average molecular weight is 531 g/mol. The molecule has 206 valence electrons. The summed E-state index contributed by atoms with van der Waals surface area (Å²) in [5.41, 5.74) is 3.13. The molecule has 6 nitrogen and oxygen atoms in total. The fourth-order valence-electron chi connectivity index (χ4n) is 4.45.